The lowest BCUT2D eigenvalue weighted by Crippen LogP contribution is -2.31. The van der Waals surface area contributed by atoms with Gasteiger partial charge in [0.2, 0.25) is 11.8 Å². The first-order chi connectivity index (χ1) is 11.3. The molecule has 0 radical (unpaired) electrons. The Hall–Kier alpha value is -2.22. The second kappa shape index (κ2) is 7.36. The molecule has 1 aliphatic rings. The van der Waals surface area contributed by atoms with Crippen LogP contribution in [0.3, 0.4) is 0 Å². The van der Waals surface area contributed by atoms with Gasteiger partial charge in [-0.05, 0) is 25.3 Å². The van der Waals surface area contributed by atoms with Gasteiger partial charge in [0.15, 0.2) is 11.5 Å². The molecule has 1 amide bonds. The topological polar surface area (TPSA) is 90.6 Å². The first kappa shape index (κ1) is 15.7. The van der Waals surface area contributed by atoms with E-state index in [1.54, 1.807) is 23.8 Å². The van der Waals surface area contributed by atoms with Gasteiger partial charge in [0.1, 0.15) is 0 Å². The molecule has 1 N–H and O–H groups in total. The maximum absolute atomic E-state index is 11.8. The molecule has 8 heteroatoms. The molecule has 2 aromatic heterocycles. The fourth-order valence-corrected chi connectivity index (χ4v) is 2.61. The molecule has 1 fully saturated rings. The fourth-order valence-electron chi connectivity index (χ4n) is 2.61. The average Bonchev–Trinajstić information content (AvgIpc) is 3.22. The van der Waals surface area contributed by atoms with Crippen LogP contribution in [0.1, 0.15) is 31.5 Å². The van der Waals surface area contributed by atoms with Gasteiger partial charge in [-0.2, -0.15) is 4.52 Å². The SMILES string of the molecule is COc1ccc2nnc(CCCC(=O)NC[C@@H]3CCCO3)n2n1. The Morgan fingerprint density at radius 2 is 2.39 bits per heavy atom. The van der Waals surface area contributed by atoms with Crippen LogP contribution in [0.25, 0.3) is 5.65 Å². The number of aryl methyl sites for hydroxylation is 1. The first-order valence-electron chi connectivity index (χ1n) is 7.90. The van der Waals surface area contributed by atoms with Crippen molar-refractivity contribution >= 4 is 11.6 Å². The van der Waals surface area contributed by atoms with Crippen LogP contribution < -0.4 is 10.1 Å². The summed E-state index contributed by atoms with van der Waals surface area (Å²) < 4.78 is 12.2. The molecule has 3 rings (SSSR count). The standard InChI is InChI=1S/C15H21N5O3/c1-22-15-8-7-13-18-17-12(20(13)19-15)5-2-6-14(21)16-10-11-4-3-9-23-11/h7-8,11H,2-6,9-10H2,1H3,(H,16,21)/t11-/m0/s1. The number of nitrogens with zero attached hydrogens (tertiary/aromatic N) is 4. The summed E-state index contributed by atoms with van der Waals surface area (Å²) in [5, 5.41) is 15.4. The van der Waals surface area contributed by atoms with Crippen LogP contribution in [0.15, 0.2) is 12.1 Å². The third-order valence-corrected chi connectivity index (χ3v) is 3.87. The molecule has 23 heavy (non-hydrogen) atoms. The lowest BCUT2D eigenvalue weighted by atomic mass is 10.2. The molecule has 1 saturated heterocycles. The van der Waals surface area contributed by atoms with Crippen molar-refractivity contribution in [1.82, 2.24) is 25.1 Å². The van der Waals surface area contributed by atoms with Crippen LogP contribution in [-0.2, 0) is 16.0 Å². The highest BCUT2D eigenvalue weighted by atomic mass is 16.5. The Kier molecular flexibility index (Phi) is 5.02. The van der Waals surface area contributed by atoms with Crippen molar-refractivity contribution in [2.24, 2.45) is 0 Å². The third kappa shape index (κ3) is 3.95. The zero-order valence-electron chi connectivity index (χ0n) is 13.2. The number of hydrogen-bond donors (Lipinski definition) is 1. The van der Waals surface area contributed by atoms with Crippen molar-refractivity contribution < 1.29 is 14.3 Å². The van der Waals surface area contributed by atoms with E-state index in [1.807, 2.05) is 0 Å². The van der Waals surface area contributed by atoms with E-state index in [1.165, 1.54) is 0 Å². The highest BCUT2D eigenvalue weighted by Gasteiger charge is 2.16. The molecule has 0 spiro atoms. The van der Waals surface area contributed by atoms with E-state index < -0.39 is 0 Å². The van der Waals surface area contributed by atoms with Gasteiger partial charge in [-0.1, -0.05) is 0 Å². The smallest absolute Gasteiger partial charge is 0.231 e. The Labute approximate surface area is 134 Å². The summed E-state index contributed by atoms with van der Waals surface area (Å²) in [6, 6.07) is 3.54. The van der Waals surface area contributed by atoms with E-state index in [-0.39, 0.29) is 12.0 Å². The van der Waals surface area contributed by atoms with Crippen molar-refractivity contribution in [3.8, 4) is 5.88 Å². The molecular weight excluding hydrogens is 298 g/mol. The second-order valence-corrected chi connectivity index (χ2v) is 5.55. The minimum atomic E-state index is 0.0415. The Morgan fingerprint density at radius 3 is 3.17 bits per heavy atom. The number of hydrogen-bond acceptors (Lipinski definition) is 6. The predicted octanol–water partition coefficient (Wildman–Crippen LogP) is 0.751. The van der Waals surface area contributed by atoms with Crippen molar-refractivity contribution in [3.05, 3.63) is 18.0 Å². The zero-order valence-corrected chi connectivity index (χ0v) is 13.2. The third-order valence-electron chi connectivity index (χ3n) is 3.87. The minimum Gasteiger partial charge on any atom is -0.480 e. The number of nitrogens with one attached hydrogen (secondary N) is 1. The number of carbonyl (C=O) groups is 1. The maximum Gasteiger partial charge on any atom is 0.231 e. The first-order valence-corrected chi connectivity index (χ1v) is 7.90. The number of rotatable bonds is 7. The summed E-state index contributed by atoms with van der Waals surface area (Å²) in [7, 11) is 1.57. The molecule has 124 valence electrons. The lowest BCUT2D eigenvalue weighted by molar-refractivity contribution is -0.121. The highest BCUT2D eigenvalue weighted by molar-refractivity contribution is 5.75. The molecule has 1 atom stereocenters. The van der Waals surface area contributed by atoms with E-state index in [2.05, 4.69) is 20.6 Å². The summed E-state index contributed by atoms with van der Waals surface area (Å²) in [4.78, 5) is 11.8. The normalized spacial score (nSPS) is 17.5. The van der Waals surface area contributed by atoms with Gasteiger partial charge >= 0.3 is 0 Å². The molecule has 2 aromatic rings. The summed E-state index contributed by atoms with van der Waals surface area (Å²) in [6.07, 6.45) is 4.06. The predicted molar refractivity (Wildman–Crippen MR) is 82.3 cm³/mol. The van der Waals surface area contributed by atoms with Gasteiger partial charge in [0.25, 0.3) is 0 Å². The van der Waals surface area contributed by atoms with E-state index in [0.29, 0.717) is 37.3 Å². The molecule has 3 heterocycles. The quantitative estimate of drug-likeness (QED) is 0.810. The molecule has 1 aliphatic heterocycles. The number of methoxy groups -OCH3 is 1. The highest BCUT2D eigenvalue weighted by Crippen LogP contribution is 2.11. The largest absolute Gasteiger partial charge is 0.480 e. The lowest BCUT2D eigenvalue weighted by Gasteiger charge is -2.10. The van der Waals surface area contributed by atoms with Crippen LogP contribution in [0.2, 0.25) is 0 Å². The molecule has 8 nitrogen and oxygen atoms in total. The van der Waals surface area contributed by atoms with E-state index in [4.69, 9.17) is 9.47 Å². The molecule has 0 bridgehead atoms. The number of aromatic nitrogens is 4. The fraction of sp³-hybridized carbons (Fsp3) is 0.600. The monoisotopic (exact) mass is 319 g/mol. The summed E-state index contributed by atoms with van der Waals surface area (Å²) in [5.41, 5.74) is 0.670. The Morgan fingerprint density at radius 1 is 1.48 bits per heavy atom. The van der Waals surface area contributed by atoms with Gasteiger partial charge in [0, 0.05) is 32.1 Å². The van der Waals surface area contributed by atoms with Gasteiger partial charge in [-0.25, -0.2) is 0 Å². The van der Waals surface area contributed by atoms with E-state index in [0.717, 1.165) is 25.3 Å². The summed E-state index contributed by atoms with van der Waals surface area (Å²) in [5.74, 6) is 1.28. The van der Waals surface area contributed by atoms with E-state index in [9.17, 15) is 4.79 Å². The molecule has 0 unspecified atom stereocenters. The van der Waals surface area contributed by atoms with Gasteiger partial charge in [-0.15, -0.1) is 15.3 Å². The van der Waals surface area contributed by atoms with Crippen molar-refractivity contribution in [2.45, 2.75) is 38.2 Å². The van der Waals surface area contributed by atoms with Crippen LogP contribution in [0.4, 0.5) is 0 Å². The van der Waals surface area contributed by atoms with Crippen LogP contribution >= 0.6 is 0 Å². The summed E-state index contributed by atoms with van der Waals surface area (Å²) >= 11 is 0. The summed E-state index contributed by atoms with van der Waals surface area (Å²) in [6.45, 7) is 1.41. The number of carbonyl (C=O) groups excluding carboxylic acids is 1. The number of fused-ring (bicyclic) bond motifs is 1. The minimum absolute atomic E-state index is 0.0415. The second-order valence-electron chi connectivity index (χ2n) is 5.55. The van der Waals surface area contributed by atoms with Crippen LogP contribution in [0, 0.1) is 0 Å². The van der Waals surface area contributed by atoms with Crippen molar-refractivity contribution in [3.63, 3.8) is 0 Å². The van der Waals surface area contributed by atoms with Gasteiger partial charge in [0.05, 0.1) is 13.2 Å². The number of amides is 1. The van der Waals surface area contributed by atoms with Gasteiger partial charge < -0.3 is 14.8 Å². The molecule has 0 saturated carbocycles. The zero-order chi connectivity index (χ0) is 16.1. The van der Waals surface area contributed by atoms with Crippen LogP contribution in [-0.4, -0.2) is 52.1 Å². The van der Waals surface area contributed by atoms with Crippen LogP contribution in [0.5, 0.6) is 5.88 Å². The van der Waals surface area contributed by atoms with Gasteiger partial charge in [-0.3, -0.25) is 4.79 Å². The van der Waals surface area contributed by atoms with E-state index >= 15 is 0 Å². The van der Waals surface area contributed by atoms with Crippen molar-refractivity contribution in [2.75, 3.05) is 20.3 Å². The molecular formula is C15H21N5O3. The average molecular weight is 319 g/mol. The Bertz CT molecular complexity index is 666. The van der Waals surface area contributed by atoms with Crippen molar-refractivity contribution in [1.29, 1.82) is 0 Å². The maximum atomic E-state index is 11.8. The Balaban J connectivity index is 1.47. The molecule has 0 aromatic carbocycles. The number of ether oxygens (including phenoxy) is 2. The molecule has 0 aliphatic carbocycles.